The second-order valence-electron chi connectivity index (χ2n) is 5.39. The van der Waals surface area contributed by atoms with Crippen LogP contribution < -0.4 is 5.32 Å². The quantitative estimate of drug-likeness (QED) is 0.635. The Balaban J connectivity index is 3.27. The van der Waals surface area contributed by atoms with Crippen molar-refractivity contribution in [2.75, 3.05) is 33.2 Å². The van der Waals surface area contributed by atoms with Crippen molar-refractivity contribution >= 4 is 0 Å². The smallest absolute Gasteiger partial charge is 0.0104 e. The Morgan fingerprint density at radius 2 is 1.79 bits per heavy atom. The maximum Gasteiger partial charge on any atom is 0.0104 e. The lowest BCUT2D eigenvalue weighted by atomic mass is 9.97. The molecule has 0 aliphatic heterocycles. The van der Waals surface area contributed by atoms with Crippen molar-refractivity contribution in [2.24, 2.45) is 5.41 Å². The first kappa shape index (κ1) is 13.9. The van der Waals surface area contributed by atoms with Crippen molar-refractivity contribution in [1.82, 2.24) is 10.2 Å². The van der Waals surface area contributed by atoms with E-state index in [2.05, 4.69) is 45.0 Å². The number of hydrogen-bond donors (Lipinski definition) is 1. The molecule has 0 atom stereocenters. The molecule has 14 heavy (non-hydrogen) atoms. The second kappa shape index (κ2) is 7.24. The van der Waals surface area contributed by atoms with Crippen LogP contribution in [0.4, 0.5) is 0 Å². The van der Waals surface area contributed by atoms with Crippen LogP contribution in [0.25, 0.3) is 0 Å². The third-order valence-electron chi connectivity index (χ3n) is 2.22. The fraction of sp³-hybridized carbons (Fsp3) is 1.00. The van der Waals surface area contributed by atoms with Crippen LogP contribution in [-0.2, 0) is 0 Å². The molecule has 0 aliphatic carbocycles. The van der Waals surface area contributed by atoms with Gasteiger partial charge < -0.3 is 10.2 Å². The summed E-state index contributed by atoms with van der Waals surface area (Å²) in [6, 6.07) is 0. The molecule has 0 aromatic heterocycles. The topological polar surface area (TPSA) is 15.3 Å². The number of nitrogens with zero attached hydrogens (tertiary/aromatic N) is 1. The minimum absolute atomic E-state index is 0.405. The molecule has 0 unspecified atom stereocenters. The Kier molecular flexibility index (Phi) is 7.20. The molecule has 0 saturated heterocycles. The minimum Gasteiger partial charge on any atom is -0.315 e. The van der Waals surface area contributed by atoms with Crippen molar-refractivity contribution in [3.05, 3.63) is 0 Å². The zero-order chi connectivity index (χ0) is 11.0. The molecular weight excluding hydrogens is 172 g/mol. The summed E-state index contributed by atoms with van der Waals surface area (Å²) in [6.07, 6.45) is 2.61. The Morgan fingerprint density at radius 3 is 2.29 bits per heavy atom. The van der Waals surface area contributed by atoms with Gasteiger partial charge in [0.1, 0.15) is 0 Å². The number of unbranched alkanes of at least 4 members (excludes halogenated alkanes) is 1. The minimum atomic E-state index is 0.405. The molecule has 2 heteroatoms. The molecule has 2 nitrogen and oxygen atoms in total. The van der Waals surface area contributed by atoms with E-state index in [0.717, 1.165) is 19.6 Å². The maximum absolute atomic E-state index is 3.49. The van der Waals surface area contributed by atoms with Gasteiger partial charge in [-0.2, -0.15) is 0 Å². The Bertz CT molecular complexity index is 127. The molecule has 0 saturated carbocycles. The largest absolute Gasteiger partial charge is 0.315 e. The van der Waals surface area contributed by atoms with E-state index in [0.29, 0.717) is 5.41 Å². The molecular formula is C12H28N2. The molecule has 0 radical (unpaired) electrons. The zero-order valence-corrected chi connectivity index (χ0v) is 10.7. The van der Waals surface area contributed by atoms with E-state index in [4.69, 9.17) is 0 Å². The standard InChI is InChI=1S/C12H28N2/c1-6-7-9-14(5)10-8-13-11-12(2,3)4/h13H,6-11H2,1-5H3. The van der Waals surface area contributed by atoms with Crippen molar-refractivity contribution in [2.45, 2.75) is 40.5 Å². The molecule has 86 valence electrons. The van der Waals surface area contributed by atoms with Gasteiger partial charge in [0.25, 0.3) is 0 Å². The molecule has 0 bridgehead atoms. The zero-order valence-electron chi connectivity index (χ0n) is 10.7. The van der Waals surface area contributed by atoms with E-state index in [1.807, 2.05) is 0 Å². The molecule has 0 spiro atoms. The van der Waals surface area contributed by atoms with Gasteiger partial charge in [-0.3, -0.25) is 0 Å². The van der Waals surface area contributed by atoms with Gasteiger partial charge in [0.05, 0.1) is 0 Å². The maximum atomic E-state index is 3.49. The van der Waals surface area contributed by atoms with Crippen LogP contribution in [0, 0.1) is 5.41 Å². The van der Waals surface area contributed by atoms with Crippen LogP contribution >= 0.6 is 0 Å². The fourth-order valence-corrected chi connectivity index (χ4v) is 1.27. The van der Waals surface area contributed by atoms with E-state index in [1.165, 1.54) is 19.4 Å². The predicted octanol–water partition coefficient (Wildman–Crippen LogP) is 2.35. The van der Waals surface area contributed by atoms with Gasteiger partial charge in [-0.15, -0.1) is 0 Å². The first-order valence-electron chi connectivity index (χ1n) is 5.85. The Hall–Kier alpha value is -0.0800. The number of rotatable bonds is 7. The monoisotopic (exact) mass is 200 g/mol. The summed E-state index contributed by atoms with van der Waals surface area (Å²) >= 11 is 0. The van der Waals surface area contributed by atoms with Gasteiger partial charge >= 0.3 is 0 Å². The normalized spacial score (nSPS) is 12.4. The van der Waals surface area contributed by atoms with E-state index in [-0.39, 0.29) is 0 Å². The van der Waals surface area contributed by atoms with E-state index in [1.54, 1.807) is 0 Å². The lowest BCUT2D eigenvalue weighted by Crippen LogP contribution is -2.34. The molecule has 0 rings (SSSR count). The highest BCUT2D eigenvalue weighted by Gasteiger charge is 2.08. The molecule has 0 heterocycles. The molecule has 1 N–H and O–H groups in total. The van der Waals surface area contributed by atoms with E-state index >= 15 is 0 Å². The molecule has 0 aromatic carbocycles. The van der Waals surface area contributed by atoms with Crippen LogP contribution in [0.3, 0.4) is 0 Å². The number of nitrogens with one attached hydrogen (secondary N) is 1. The summed E-state index contributed by atoms with van der Waals surface area (Å²) in [5, 5.41) is 3.49. The van der Waals surface area contributed by atoms with Crippen LogP contribution in [0.15, 0.2) is 0 Å². The first-order valence-corrected chi connectivity index (χ1v) is 5.85. The lowest BCUT2D eigenvalue weighted by Gasteiger charge is -2.21. The van der Waals surface area contributed by atoms with Crippen LogP contribution in [-0.4, -0.2) is 38.1 Å². The fourth-order valence-electron chi connectivity index (χ4n) is 1.27. The Morgan fingerprint density at radius 1 is 1.14 bits per heavy atom. The van der Waals surface area contributed by atoms with Crippen molar-refractivity contribution in [3.63, 3.8) is 0 Å². The summed E-state index contributed by atoms with van der Waals surface area (Å²) in [5.41, 5.74) is 0.405. The van der Waals surface area contributed by atoms with Crippen molar-refractivity contribution < 1.29 is 0 Å². The van der Waals surface area contributed by atoms with Crippen molar-refractivity contribution in [3.8, 4) is 0 Å². The van der Waals surface area contributed by atoms with Crippen molar-refractivity contribution in [1.29, 1.82) is 0 Å². The van der Waals surface area contributed by atoms with Gasteiger partial charge in [-0.25, -0.2) is 0 Å². The second-order valence-corrected chi connectivity index (χ2v) is 5.39. The number of likely N-dealkylation sites (N-methyl/N-ethyl adjacent to an activating group) is 1. The van der Waals surface area contributed by atoms with Gasteiger partial charge in [-0.05, 0) is 25.4 Å². The summed E-state index contributed by atoms with van der Waals surface area (Å²) in [4.78, 5) is 2.40. The van der Waals surface area contributed by atoms with Gasteiger partial charge in [0.2, 0.25) is 0 Å². The highest BCUT2D eigenvalue weighted by Crippen LogP contribution is 2.09. The van der Waals surface area contributed by atoms with E-state index < -0.39 is 0 Å². The first-order chi connectivity index (χ1) is 6.45. The number of hydrogen-bond acceptors (Lipinski definition) is 2. The average Bonchev–Trinajstić information content (AvgIpc) is 2.07. The summed E-state index contributed by atoms with van der Waals surface area (Å²) in [5.74, 6) is 0. The molecule has 0 aromatic rings. The van der Waals surface area contributed by atoms with E-state index in [9.17, 15) is 0 Å². The van der Waals surface area contributed by atoms with Gasteiger partial charge in [-0.1, -0.05) is 34.1 Å². The summed E-state index contributed by atoms with van der Waals surface area (Å²) in [7, 11) is 2.20. The average molecular weight is 200 g/mol. The molecule has 0 aliphatic rings. The third kappa shape index (κ3) is 10.0. The summed E-state index contributed by atoms with van der Waals surface area (Å²) < 4.78 is 0. The van der Waals surface area contributed by atoms with Crippen LogP contribution in [0.1, 0.15) is 40.5 Å². The molecule has 0 fully saturated rings. The van der Waals surface area contributed by atoms with Gasteiger partial charge in [0.15, 0.2) is 0 Å². The lowest BCUT2D eigenvalue weighted by molar-refractivity contribution is 0.309. The third-order valence-corrected chi connectivity index (χ3v) is 2.22. The van der Waals surface area contributed by atoms with Gasteiger partial charge in [0, 0.05) is 19.6 Å². The van der Waals surface area contributed by atoms with Crippen LogP contribution in [0.2, 0.25) is 0 Å². The predicted molar refractivity (Wildman–Crippen MR) is 64.7 cm³/mol. The Labute approximate surface area is 90.1 Å². The highest BCUT2D eigenvalue weighted by molar-refractivity contribution is 4.65. The SMILES string of the molecule is CCCCN(C)CCNCC(C)(C)C. The van der Waals surface area contributed by atoms with Crippen LogP contribution in [0.5, 0.6) is 0 Å². The summed E-state index contributed by atoms with van der Waals surface area (Å²) in [6.45, 7) is 13.6. The highest BCUT2D eigenvalue weighted by atomic mass is 15.1. The molecule has 0 amide bonds.